The third-order valence-electron chi connectivity index (χ3n) is 2.60. The Morgan fingerprint density at radius 1 is 1.21 bits per heavy atom. The maximum Gasteiger partial charge on any atom is 0.240 e. The van der Waals surface area contributed by atoms with Crippen molar-refractivity contribution < 1.29 is 18.3 Å². The summed E-state index contributed by atoms with van der Waals surface area (Å²) in [5, 5.41) is 8.89. The highest BCUT2D eigenvalue weighted by Gasteiger charge is 2.12. The zero-order valence-electron chi connectivity index (χ0n) is 11.1. The first-order chi connectivity index (χ1) is 9.10. The number of rotatable bonds is 9. The summed E-state index contributed by atoms with van der Waals surface area (Å²) in [6.45, 7) is 3.26. The molecule has 6 heteroatoms. The number of hydrogen-bond donors (Lipinski definition) is 2. The molecule has 0 unspecified atom stereocenters. The largest absolute Gasteiger partial charge is 0.392 e. The van der Waals surface area contributed by atoms with Crippen molar-refractivity contribution in [3.05, 3.63) is 29.8 Å². The molecule has 0 bridgehead atoms. The molecule has 0 aliphatic carbocycles. The quantitative estimate of drug-likeness (QED) is 0.671. The second-order valence-corrected chi connectivity index (χ2v) is 5.93. The van der Waals surface area contributed by atoms with Gasteiger partial charge in [-0.15, -0.1) is 0 Å². The van der Waals surface area contributed by atoms with Crippen LogP contribution in [0.25, 0.3) is 0 Å². The van der Waals surface area contributed by atoms with E-state index in [9.17, 15) is 8.42 Å². The first-order valence-electron chi connectivity index (χ1n) is 6.37. The second kappa shape index (κ2) is 8.27. The fraction of sp³-hybridized carbons (Fsp3) is 0.538. The maximum atomic E-state index is 11.9. The normalized spacial score (nSPS) is 11.7. The zero-order chi connectivity index (χ0) is 14.1. The minimum atomic E-state index is -3.49. The molecule has 1 rings (SSSR count). The van der Waals surface area contributed by atoms with Crippen molar-refractivity contribution in [3.8, 4) is 0 Å². The molecule has 0 atom stereocenters. The van der Waals surface area contributed by atoms with Gasteiger partial charge in [0.1, 0.15) is 0 Å². The van der Waals surface area contributed by atoms with E-state index in [-0.39, 0.29) is 18.0 Å². The molecule has 0 aliphatic rings. The third kappa shape index (κ3) is 5.69. The Labute approximate surface area is 114 Å². The minimum absolute atomic E-state index is 0.0982. The van der Waals surface area contributed by atoms with Crippen LogP contribution in [-0.2, 0) is 21.4 Å². The van der Waals surface area contributed by atoms with E-state index in [1.165, 1.54) is 12.1 Å². The van der Waals surface area contributed by atoms with Crippen molar-refractivity contribution in [1.82, 2.24) is 4.72 Å². The molecule has 108 valence electrons. The summed E-state index contributed by atoms with van der Waals surface area (Å²) in [7, 11) is -3.49. The Morgan fingerprint density at radius 2 is 1.89 bits per heavy atom. The number of benzene rings is 1. The van der Waals surface area contributed by atoms with E-state index in [2.05, 4.69) is 11.6 Å². The van der Waals surface area contributed by atoms with Crippen molar-refractivity contribution in [2.24, 2.45) is 0 Å². The molecule has 0 aromatic heterocycles. The first kappa shape index (κ1) is 16.1. The van der Waals surface area contributed by atoms with E-state index in [0.29, 0.717) is 18.8 Å². The summed E-state index contributed by atoms with van der Waals surface area (Å²) >= 11 is 0. The Morgan fingerprint density at radius 3 is 2.47 bits per heavy atom. The minimum Gasteiger partial charge on any atom is -0.392 e. The van der Waals surface area contributed by atoms with Crippen molar-refractivity contribution in [2.45, 2.75) is 31.3 Å². The molecule has 2 N–H and O–H groups in total. The Bertz CT molecular complexity index is 456. The van der Waals surface area contributed by atoms with Gasteiger partial charge in [0.25, 0.3) is 0 Å². The predicted molar refractivity (Wildman–Crippen MR) is 73.3 cm³/mol. The van der Waals surface area contributed by atoms with Crippen LogP contribution in [0.1, 0.15) is 25.3 Å². The van der Waals surface area contributed by atoms with E-state index in [1.54, 1.807) is 12.1 Å². The van der Waals surface area contributed by atoms with Crippen molar-refractivity contribution >= 4 is 10.0 Å². The average Bonchev–Trinajstić information content (AvgIpc) is 2.43. The topological polar surface area (TPSA) is 75.6 Å². The van der Waals surface area contributed by atoms with Gasteiger partial charge in [-0.1, -0.05) is 25.5 Å². The standard InChI is InChI=1S/C13H21NO4S/c1-2-3-9-18-10-8-14-19(16,17)13-6-4-12(11-15)5-7-13/h4-7,14-15H,2-3,8-11H2,1H3. The van der Waals surface area contributed by atoms with Gasteiger partial charge >= 0.3 is 0 Å². The van der Waals surface area contributed by atoms with Crippen LogP contribution in [-0.4, -0.2) is 33.3 Å². The fourth-order valence-corrected chi connectivity index (χ4v) is 2.47. The molecule has 19 heavy (non-hydrogen) atoms. The van der Waals surface area contributed by atoms with Gasteiger partial charge in [0.15, 0.2) is 0 Å². The number of nitrogens with one attached hydrogen (secondary N) is 1. The number of aliphatic hydroxyl groups excluding tert-OH is 1. The molecular weight excluding hydrogens is 266 g/mol. The Kier molecular flexibility index (Phi) is 7.01. The van der Waals surface area contributed by atoms with Crippen LogP contribution < -0.4 is 4.72 Å². The first-order valence-corrected chi connectivity index (χ1v) is 7.85. The van der Waals surface area contributed by atoms with Crippen LogP contribution >= 0.6 is 0 Å². The summed E-state index contributed by atoms with van der Waals surface area (Å²) in [6, 6.07) is 6.14. The zero-order valence-corrected chi connectivity index (χ0v) is 11.9. The van der Waals surface area contributed by atoms with Gasteiger partial charge in [-0.25, -0.2) is 13.1 Å². The lowest BCUT2D eigenvalue weighted by Gasteiger charge is -2.07. The van der Waals surface area contributed by atoms with Crippen LogP contribution in [0.2, 0.25) is 0 Å². The summed E-state index contributed by atoms with van der Waals surface area (Å²) in [5.41, 5.74) is 0.682. The molecule has 0 spiro atoms. The number of aliphatic hydroxyl groups is 1. The third-order valence-corrected chi connectivity index (χ3v) is 4.07. The fourth-order valence-electron chi connectivity index (χ4n) is 1.45. The predicted octanol–water partition coefficient (Wildman–Crippen LogP) is 1.27. The molecule has 0 fully saturated rings. The van der Waals surface area contributed by atoms with E-state index in [1.807, 2.05) is 0 Å². The van der Waals surface area contributed by atoms with Crippen LogP contribution in [0.15, 0.2) is 29.2 Å². The summed E-state index contributed by atoms with van der Waals surface area (Å²) < 4.78 is 31.5. The van der Waals surface area contributed by atoms with Gasteiger partial charge in [0.05, 0.1) is 18.1 Å². The van der Waals surface area contributed by atoms with E-state index in [0.717, 1.165) is 12.8 Å². The summed E-state index contributed by atoms with van der Waals surface area (Å²) in [6.07, 6.45) is 2.04. The number of hydrogen-bond acceptors (Lipinski definition) is 4. The monoisotopic (exact) mass is 287 g/mol. The highest BCUT2D eigenvalue weighted by molar-refractivity contribution is 7.89. The molecule has 0 aliphatic heterocycles. The van der Waals surface area contributed by atoms with Crippen LogP contribution in [0, 0.1) is 0 Å². The number of sulfonamides is 1. The Balaban J connectivity index is 2.42. The average molecular weight is 287 g/mol. The van der Waals surface area contributed by atoms with Gasteiger partial charge in [0.2, 0.25) is 10.0 Å². The summed E-state index contributed by atoms with van der Waals surface area (Å²) in [4.78, 5) is 0.193. The molecule has 0 saturated carbocycles. The van der Waals surface area contributed by atoms with Crippen molar-refractivity contribution in [1.29, 1.82) is 0 Å². The highest BCUT2D eigenvalue weighted by atomic mass is 32.2. The molecular formula is C13H21NO4S. The highest BCUT2D eigenvalue weighted by Crippen LogP contribution is 2.10. The maximum absolute atomic E-state index is 11.9. The van der Waals surface area contributed by atoms with Gasteiger partial charge in [-0.3, -0.25) is 0 Å². The molecule has 1 aromatic carbocycles. The van der Waals surface area contributed by atoms with Gasteiger partial charge in [0, 0.05) is 13.2 Å². The van der Waals surface area contributed by atoms with Gasteiger partial charge in [-0.05, 0) is 24.1 Å². The Hall–Kier alpha value is -0.950. The van der Waals surface area contributed by atoms with Crippen LogP contribution in [0.3, 0.4) is 0 Å². The van der Waals surface area contributed by atoms with E-state index < -0.39 is 10.0 Å². The lowest BCUT2D eigenvalue weighted by molar-refractivity contribution is 0.136. The van der Waals surface area contributed by atoms with E-state index in [4.69, 9.17) is 9.84 Å². The van der Waals surface area contributed by atoms with Crippen molar-refractivity contribution in [3.63, 3.8) is 0 Å². The SMILES string of the molecule is CCCCOCCNS(=O)(=O)c1ccc(CO)cc1. The molecule has 0 heterocycles. The molecule has 0 amide bonds. The molecule has 0 saturated heterocycles. The number of unbranched alkanes of at least 4 members (excludes halogenated alkanes) is 1. The number of ether oxygens (including phenoxy) is 1. The van der Waals surface area contributed by atoms with Gasteiger partial charge in [-0.2, -0.15) is 0 Å². The van der Waals surface area contributed by atoms with Crippen molar-refractivity contribution in [2.75, 3.05) is 19.8 Å². The molecule has 0 radical (unpaired) electrons. The van der Waals surface area contributed by atoms with Crippen LogP contribution in [0.4, 0.5) is 0 Å². The van der Waals surface area contributed by atoms with Crippen LogP contribution in [0.5, 0.6) is 0 Å². The van der Waals surface area contributed by atoms with Gasteiger partial charge < -0.3 is 9.84 Å². The van der Waals surface area contributed by atoms with E-state index >= 15 is 0 Å². The summed E-state index contributed by atoms with van der Waals surface area (Å²) in [5.74, 6) is 0. The molecule has 5 nitrogen and oxygen atoms in total. The lowest BCUT2D eigenvalue weighted by atomic mass is 10.2. The second-order valence-electron chi connectivity index (χ2n) is 4.17. The smallest absolute Gasteiger partial charge is 0.240 e. The lowest BCUT2D eigenvalue weighted by Crippen LogP contribution is -2.27. The molecule has 1 aromatic rings.